The number of nitrogens with zero attached hydrogens (tertiary/aromatic N) is 6. The van der Waals surface area contributed by atoms with Gasteiger partial charge in [-0.3, -0.25) is 19.3 Å². The fraction of sp³-hybridized carbons (Fsp3) is 0.500. The van der Waals surface area contributed by atoms with Crippen molar-refractivity contribution in [2.75, 3.05) is 39.4 Å². The number of carbonyl (C=O) groups excluding carboxylic acids is 1. The van der Waals surface area contributed by atoms with Crippen molar-refractivity contribution < 1.29 is 14.3 Å². The molecule has 1 fully saturated rings. The molecule has 37 heavy (non-hydrogen) atoms. The number of aromatic nitrogens is 2. The van der Waals surface area contributed by atoms with Gasteiger partial charge < -0.3 is 14.8 Å². The van der Waals surface area contributed by atoms with Crippen molar-refractivity contribution in [3.8, 4) is 11.5 Å². The first-order chi connectivity index (χ1) is 18.1. The van der Waals surface area contributed by atoms with Gasteiger partial charge in [0, 0.05) is 57.2 Å². The Morgan fingerprint density at radius 2 is 2.08 bits per heavy atom. The zero-order valence-electron chi connectivity index (χ0n) is 21.1. The predicted molar refractivity (Wildman–Crippen MR) is 141 cm³/mol. The van der Waals surface area contributed by atoms with Crippen LogP contribution in [-0.4, -0.2) is 87.3 Å². The fourth-order valence-corrected chi connectivity index (χ4v) is 5.16. The minimum atomic E-state index is -0.373. The van der Waals surface area contributed by atoms with Gasteiger partial charge in [0.2, 0.25) is 11.9 Å². The lowest BCUT2D eigenvalue weighted by Crippen LogP contribution is -2.62. The van der Waals surface area contributed by atoms with Crippen molar-refractivity contribution in [3.05, 3.63) is 54.8 Å². The van der Waals surface area contributed by atoms with Crippen molar-refractivity contribution >= 4 is 23.5 Å². The molecule has 198 valence electrons. The molecule has 0 spiro atoms. The summed E-state index contributed by atoms with van der Waals surface area (Å²) in [5.74, 6) is 2.20. The van der Waals surface area contributed by atoms with E-state index in [2.05, 4.69) is 32.1 Å². The monoisotopic (exact) mass is 527 g/mol. The number of carbonyl (C=O) groups is 1. The highest BCUT2D eigenvalue weighted by Gasteiger charge is 2.35. The van der Waals surface area contributed by atoms with Crippen LogP contribution in [0.25, 0.3) is 0 Å². The predicted octanol–water partition coefficient (Wildman–Crippen LogP) is 2.66. The average Bonchev–Trinajstić information content (AvgIpc) is 3.46. The number of hydrogen-bond donors (Lipinski definition) is 1. The summed E-state index contributed by atoms with van der Waals surface area (Å²) < 4.78 is 13.1. The highest BCUT2D eigenvalue weighted by atomic mass is 35.5. The van der Waals surface area contributed by atoms with Crippen molar-refractivity contribution in [2.45, 2.75) is 44.3 Å². The molecule has 10 nitrogen and oxygen atoms in total. The minimum Gasteiger partial charge on any atom is -0.486 e. The molecule has 11 heteroatoms. The SMILES string of the molecule is CCCCN1CCN(N2C(n3ccnc3)=NC=CC2Cl)CC1CC(=O)NCc1ccc2c(c1)OCCO2. The van der Waals surface area contributed by atoms with Gasteiger partial charge in [-0.25, -0.2) is 15.0 Å². The summed E-state index contributed by atoms with van der Waals surface area (Å²) in [6.07, 6.45) is 11.5. The smallest absolute Gasteiger partial charge is 0.227 e. The van der Waals surface area contributed by atoms with Gasteiger partial charge in [0.25, 0.3) is 0 Å². The van der Waals surface area contributed by atoms with Gasteiger partial charge in [0.1, 0.15) is 25.0 Å². The molecule has 0 radical (unpaired) electrons. The number of halogens is 1. The molecule has 3 aliphatic rings. The Balaban J connectivity index is 1.24. The van der Waals surface area contributed by atoms with Gasteiger partial charge in [0.05, 0.1) is 0 Å². The number of fused-ring (bicyclic) bond motifs is 1. The molecule has 5 rings (SSSR count). The molecule has 1 aromatic carbocycles. The summed E-state index contributed by atoms with van der Waals surface area (Å²) in [5.41, 5.74) is 0.610. The molecule has 4 heterocycles. The first kappa shape index (κ1) is 25.6. The Bertz CT molecular complexity index is 1120. The third-order valence-electron chi connectivity index (χ3n) is 6.81. The van der Waals surface area contributed by atoms with Crippen molar-refractivity contribution in [1.29, 1.82) is 0 Å². The van der Waals surface area contributed by atoms with Crippen LogP contribution in [0, 0.1) is 0 Å². The lowest BCUT2D eigenvalue weighted by Gasteiger charge is -2.47. The maximum absolute atomic E-state index is 13.1. The second-order valence-electron chi connectivity index (χ2n) is 9.37. The van der Waals surface area contributed by atoms with E-state index in [9.17, 15) is 4.79 Å². The second-order valence-corrected chi connectivity index (χ2v) is 9.82. The number of nitrogens with one attached hydrogen (secondary N) is 1. The lowest BCUT2D eigenvalue weighted by atomic mass is 10.1. The maximum atomic E-state index is 13.1. The Morgan fingerprint density at radius 1 is 1.22 bits per heavy atom. The number of amides is 1. The second kappa shape index (κ2) is 12.0. The van der Waals surface area contributed by atoms with Crippen LogP contribution in [0.2, 0.25) is 0 Å². The highest BCUT2D eigenvalue weighted by molar-refractivity contribution is 6.22. The van der Waals surface area contributed by atoms with Crippen molar-refractivity contribution in [2.24, 2.45) is 4.99 Å². The summed E-state index contributed by atoms with van der Waals surface area (Å²) in [7, 11) is 0. The van der Waals surface area contributed by atoms with Crippen LogP contribution < -0.4 is 14.8 Å². The van der Waals surface area contributed by atoms with Crippen LogP contribution in [0.15, 0.2) is 54.2 Å². The molecule has 2 unspecified atom stereocenters. The average molecular weight is 528 g/mol. The number of hydrazine groups is 1. The zero-order chi connectivity index (χ0) is 25.6. The third kappa shape index (κ3) is 6.08. The zero-order valence-corrected chi connectivity index (χ0v) is 21.9. The molecular weight excluding hydrogens is 494 g/mol. The largest absolute Gasteiger partial charge is 0.486 e. The van der Waals surface area contributed by atoms with E-state index in [1.807, 2.05) is 40.0 Å². The topological polar surface area (TPSA) is 87.5 Å². The number of rotatable bonds is 8. The van der Waals surface area contributed by atoms with E-state index in [0.717, 1.165) is 49.5 Å². The van der Waals surface area contributed by atoms with E-state index in [1.165, 1.54) is 0 Å². The molecule has 2 atom stereocenters. The molecule has 1 aromatic heterocycles. The highest BCUT2D eigenvalue weighted by Crippen LogP contribution is 2.30. The molecule has 0 saturated carbocycles. The molecule has 0 bridgehead atoms. The van der Waals surface area contributed by atoms with Gasteiger partial charge in [0.15, 0.2) is 11.5 Å². The Labute approximate surface area is 222 Å². The standard InChI is InChI=1S/C26H34ClN7O3/c1-2-3-9-31-11-12-33(34-24(27)6-7-29-26(34)32-10-8-28-19-32)18-21(31)16-25(35)30-17-20-4-5-22-23(15-20)37-14-13-36-22/h4-8,10,15,19,21,24H,2-3,9,11-14,16-18H2,1H3,(H,30,35). The number of unbranched alkanes of at least 4 members (excludes halogenated alkanes) is 1. The summed E-state index contributed by atoms with van der Waals surface area (Å²) >= 11 is 6.74. The van der Waals surface area contributed by atoms with Crippen LogP contribution in [0.1, 0.15) is 31.7 Å². The van der Waals surface area contributed by atoms with Crippen molar-refractivity contribution in [3.63, 3.8) is 0 Å². The van der Waals surface area contributed by atoms with Crippen LogP contribution in [0.3, 0.4) is 0 Å². The molecule has 3 aliphatic heterocycles. The van der Waals surface area contributed by atoms with E-state index in [0.29, 0.717) is 38.7 Å². The maximum Gasteiger partial charge on any atom is 0.227 e. The molecule has 1 N–H and O–H groups in total. The normalized spacial score (nSPS) is 22.1. The van der Waals surface area contributed by atoms with E-state index in [-0.39, 0.29) is 17.5 Å². The molecular formula is C26H34ClN7O3. The van der Waals surface area contributed by atoms with Crippen LogP contribution in [0.4, 0.5) is 0 Å². The van der Waals surface area contributed by atoms with Gasteiger partial charge in [-0.15, -0.1) is 0 Å². The fourth-order valence-electron chi connectivity index (χ4n) is 4.88. The van der Waals surface area contributed by atoms with Crippen LogP contribution in [-0.2, 0) is 11.3 Å². The van der Waals surface area contributed by atoms with Gasteiger partial charge in [-0.2, -0.15) is 0 Å². The van der Waals surface area contributed by atoms with Gasteiger partial charge in [-0.05, 0) is 36.7 Å². The molecule has 1 saturated heterocycles. The van der Waals surface area contributed by atoms with Gasteiger partial charge in [-0.1, -0.05) is 31.0 Å². The molecule has 1 amide bonds. The first-order valence-electron chi connectivity index (χ1n) is 12.9. The van der Waals surface area contributed by atoms with E-state index in [4.69, 9.17) is 21.1 Å². The molecule has 0 aliphatic carbocycles. The summed E-state index contributed by atoms with van der Waals surface area (Å²) in [6.45, 7) is 7.02. The third-order valence-corrected chi connectivity index (χ3v) is 7.14. The van der Waals surface area contributed by atoms with E-state index < -0.39 is 0 Å². The number of benzene rings is 1. The Kier molecular flexibility index (Phi) is 8.28. The Hall–Kier alpha value is -3.08. The number of piperazine rings is 1. The summed E-state index contributed by atoms with van der Waals surface area (Å²) in [5, 5.41) is 7.31. The number of aliphatic imine (C=N–C) groups is 1. The Morgan fingerprint density at radius 3 is 2.89 bits per heavy atom. The van der Waals surface area contributed by atoms with Crippen LogP contribution >= 0.6 is 11.6 Å². The first-order valence-corrected chi connectivity index (χ1v) is 13.4. The van der Waals surface area contributed by atoms with Crippen LogP contribution in [0.5, 0.6) is 11.5 Å². The number of alkyl halides is 1. The van der Waals surface area contributed by atoms with E-state index >= 15 is 0 Å². The lowest BCUT2D eigenvalue weighted by molar-refractivity contribution is -0.124. The minimum absolute atomic E-state index is 0.0210. The number of imidazole rings is 1. The van der Waals surface area contributed by atoms with Crippen molar-refractivity contribution in [1.82, 2.24) is 29.8 Å². The van der Waals surface area contributed by atoms with E-state index in [1.54, 1.807) is 18.7 Å². The summed E-state index contributed by atoms with van der Waals surface area (Å²) in [4.78, 5) is 24.3. The number of ether oxygens (including phenoxy) is 2. The molecule has 2 aromatic rings. The quantitative estimate of drug-likeness (QED) is 0.417. The summed E-state index contributed by atoms with van der Waals surface area (Å²) in [6, 6.07) is 5.85. The number of hydrogen-bond acceptors (Lipinski definition) is 8. The van der Waals surface area contributed by atoms with Gasteiger partial charge >= 0.3 is 0 Å².